The average molecular weight is 394 g/mol. The molecule has 0 aliphatic carbocycles. The van der Waals surface area contributed by atoms with Gasteiger partial charge in [0.15, 0.2) is 0 Å². The van der Waals surface area contributed by atoms with Crippen LogP contribution in [0.4, 0.5) is 13.2 Å². The summed E-state index contributed by atoms with van der Waals surface area (Å²) in [5.74, 6) is 0.285. The quantitative estimate of drug-likeness (QED) is 0.740. The predicted molar refractivity (Wildman–Crippen MR) is 98.8 cm³/mol. The number of halogens is 3. The molecule has 0 bridgehead atoms. The summed E-state index contributed by atoms with van der Waals surface area (Å²) in [6.45, 7) is 3.84. The second kappa shape index (κ2) is 7.10. The fourth-order valence-corrected chi connectivity index (χ4v) is 3.20. The van der Waals surface area contributed by atoms with E-state index in [1.165, 1.54) is 35.1 Å². The van der Waals surface area contributed by atoms with Crippen molar-refractivity contribution in [1.29, 1.82) is 0 Å². The number of hydrogen-bond donors (Lipinski definition) is 0. The van der Waals surface area contributed by atoms with E-state index in [-0.39, 0.29) is 23.4 Å². The highest BCUT2D eigenvalue weighted by Gasteiger charge is 2.39. The summed E-state index contributed by atoms with van der Waals surface area (Å²) in [6.07, 6.45) is -2.98. The van der Waals surface area contributed by atoms with Gasteiger partial charge in [0, 0.05) is 30.4 Å². The molecule has 0 spiro atoms. The first kappa shape index (κ1) is 20.2. The van der Waals surface area contributed by atoms with Crippen LogP contribution in [0.15, 0.2) is 53.0 Å². The van der Waals surface area contributed by atoms with Gasteiger partial charge in [-0.15, -0.1) is 0 Å². The molecule has 28 heavy (non-hydrogen) atoms. The lowest BCUT2D eigenvalue weighted by atomic mass is 9.88. The van der Waals surface area contributed by atoms with Crippen LogP contribution in [0.25, 0.3) is 5.70 Å². The number of ether oxygens (including phenoxy) is 1. The minimum atomic E-state index is -4.52. The molecule has 0 atom stereocenters. The Kier molecular flexibility index (Phi) is 5.12. The first-order valence-corrected chi connectivity index (χ1v) is 8.62. The number of nitrogens with zero attached hydrogens (tertiary/aromatic N) is 2. The first-order valence-electron chi connectivity index (χ1n) is 8.62. The maximum Gasteiger partial charge on any atom is 0.416 e. The van der Waals surface area contributed by atoms with E-state index in [1.54, 1.807) is 33.0 Å². The van der Waals surface area contributed by atoms with Crippen molar-refractivity contribution >= 4 is 5.70 Å². The molecule has 0 amide bonds. The molecule has 1 aromatic carbocycles. The lowest BCUT2D eigenvalue weighted by Gasteiger charge is -2.38. The molecule has 0 fully saturated rings. The zero-order chi connectivity index (χ0) is 20.7. The van der Waals surface area contributed by atoms with Crippen LogP contribution in [-0.4, -0.2) is 35.9 Å². The van der Waals surface area contributed by atoms with E-state index >= 15 is 0 Å². The summed E-state index contributed by atoms with van der Waals surface area (Å²) in [4.78, 5) is 17.7. The number of alkyl halides is 3. The van der Waals surface area contributed by atoms with E-state index in [0.717, 1.165) is 12.1 Å². The molecule has 0 radical (unpaired) electrons. The van der Waals surface area contributed by atoms with Crippen LogP contribution in [0.3, 0.4) is 0 Å². The van der Waals surface area contributed by atoms with E-state index in [1.807, 2.05) is 0 Å². The zero-order valence-corrected chi connectivity index (χ0v) is 16.0. The molecular weight excluding hydrogens is 373 g/mol. The third-order valence-corrected chi connectivity index (χ3v) is 4.70. The van der Waals surface area contributed by atoms with Gasteiger partial charge in [0.05, 0.1) is 24.9 Å². The Hall–Kier alpha value is -2.58. The summed E-state index contributed by atoms with van der Waals surface area (Å²) in [5.41, 5.74) is -0.832. The maximum absolute atomic E-state index is 13.3. The van der Waals surface area contributed by atoms with E-state index in [4.69, 9.17) is 9.57 Å². The van der Waals surface area contributed by atoms with Crippen molar-refractivity contribution in [3.8, 4) is 5.75 Å². The second-order valence-electron chi connectivity index (χ2n) is 7.03. The molecule has 0 saturated carbocycles. The second-order valence-corrected chi connectivity index (χ2v) is 7.03. The largest absolute Gasteiger partial charge is 0.483 e. The lowest BCUT2D eigenvalue weighted by Crippen LogP contribution is -2.41. The molecule has 2 aromatic rings. The van der Waals surface area contributed by atoms with Gasteiger partial charge in [0.1, 0.15) is 11.4 Å². The van der Waals surface area contributed by atoms with Crippen molar-refractivity contribution in [2.45, 2.75) is 25.6 Å². The Labute approximate surface area is 160 Å². The van der Waals surface area contributed by atoms with Crippen molar-refractivity contribution in [1.82, 2.24) is 9.63 Å². The summed E-state index contributed by atoms with van der Waals surface area (Å²) in [7, 11) is 3.18. The minimum absolute atomic E-state index is 0.210. The lowest BCUT2D eigenvalue weighted by molar-refractivity contribution is -0.137. The number of likely N-dealkylation sites (N-methyl/N-ethyl adjacent to an activating group) is 1. The van der Waals surface area contributed by atoms with Gasteiger partial charge in [0.2, 0.25) is 0 Å². The summed E-state index contributed by atoms with van der Waals surface area (Å²) >= 11 is 0. The Morgan fingerprint density at radius 2 is 1.93 bits per heavy atom. The Morgan fingerprint density at radius 3 is 2.54 bits per heavy atom. The van der Waals surface area contributed by atoms with Crippen molar-refractivity contribution < 1.29 is 22.7 Å². The van der Waals surface area contributed by atoms with Crippen LogP contribution in [0, 0.1) is 0 Å². The van der Waals surface area contributed by atoms with Crippen LogP contribution in [0.5, 0.6) is 5.75 Å². The molecular formula is C20H21F3N2O3. The van der Waals surface area contributed by atoms with Gasteiger partial charge in [0.25, 0.3) is 5.56 Å². The zero-order valence-electron chi connectivity index (χ0n) is 16.0. The number of aromatic nitrogens is 1. The number of hydroxylamine groups is 2. The van der Waals surface area contributed by atoms with Crippen LogP contribution >= 0.6 is 0 Å². The minimum Gasteiger partial charge on any atom is -0.483 e. The molecule has 0 unspecified atom stereocenters. The summed E-state index contributed by atoms with van der Waals surface area (Å²) in [5, 5.41) is 1.52. The van der Waals surface area contributed by atoms with E-state index in [9.17, 15) is 18.0 Å². The maximum atomic E-state index is 13.3. The standard InChI is InChI=1S/C20H21F3N2O3/c1-19(2)15(12-24(3)27-4)18(25-10-6-5-7-17(25)26)14-11-13(20(21,22)23)8-9-16(14)28-19/h5-11H,12H2,1-4H3. The predicted octanol–water partition coefficient (Wildman–Crippen LogP) is 3.79. The van der Waals surface area contributed by atoms with E-state index in [2.05, 4.69) is 0 Å². The number of benzene rings is 1. The van der Waals surface area contributed by atoms with Gasteiger partial charge in [-0.3, -0.25) is 9.36 Å². The van der Waals surface area contributed by atoms with Crippen LogP contribution in [-0.2, 0) is 11.0 Å². The Morgan fingerprint density at radius 1 is 1.21 bits per heavy atom. The number of rotatable bonds is 4. The molecule has 3 rings (SSSR count). The van der Waals surface area contributed by atoms with E-state index in [0.29, 0.717) is 11.3 Å². The van der Waals surface area contributed by atoms with Crippen molar-refractivity contribution in [2.24, 2.45) is 0 Å². The molecule has 150 valence electrons. The highest BCUT2D eigenvalue weighted by atomic mass is 19.4. The van der Waals surface area contributed by atoms with Gasteiger partial charge < -0.3 is 9.57 Å². The van der Waals surface area contributed by atoms with Crippen molar-refractivity contribution in [3.05, 3.63) is 69.6 Å². The highest BCUT2D eigenvalue weighted by Crippen LogP contribution is 2.43. The fourth-order valence-electron chi connectivity index (χ4n) is 3.20. The third-order valence-electron chi connectivity index (χ3n) is 4.70. The van der Waals surface area contributed by atoms with Crippen LogP contribution < -0.4 is 10.3 Å². The topological polar surface area (TPSA) is 43.7 Å². The normalized spacial score (nSPS) is 16.1. The van der Waals surface area contributed by atoms with Gasteiger partial charge in [-0.1, -0.05) is 6.07 Å². The Balaban J connectivity index is 2.36. The molecule has 2 heterocycles. The monoisotopic (exact) mass is 394 g/mol. The van der Waals surface area contributed by atoms with Gasteiger partial charge >= 0.3 is 6.18 Å². The molecule has 1 aliphatic heterocycles. The Bertz CT molecular complexity index is 977. The summed E-state index contributed by atoms with van der Waals surface area (Å²) in [6, 6.07) is 7.89. The van der Waals surface area contributed by atoms with Gasteiger partial charge in [-0.05, 0) is 38.1 Å². The van der Waals surface area contributed by atoms with E-state index < -0.39 is 17.3 Å². The number of pyridine rings is 1. The molecule has 0 N–H and O–H groups in total. The van der Waals surface area contributed by atoms with Crippen molar-refractivity contribution in [3.63, 3.8) is 0 Å². The number of hydrogen-bond acceptors (Lipinski definition) is 4. The molecule has 5 nitrogen and oxygen atoms in total. The third kappa shape index (κ3) is 3.70. The highest BCUT2D eigenvalue weighted by molar-refractivity contribution is 5.77. The SMILES string of the molecule is CON(C)CC1=C(n2ccccc2=O)c2cc(C(F)(F)F)ccc2OC1(C)C. The first-order chi connectivity index (χ1) is 13.0. The molecule has 1 aromatic heterocycles. The number of fused-ring (bicyclic) bond motifs is 1. The summed E-state index contributed by atoms with van der Waals surface area (Å²) < 4.78 is 47.3. The fraction of sp³-hybridized carbons (Fsp3) is 0.350. The van der Waals surface area contributed by atoms with Gasteiger partial charge in [-0.25, -0.2) is 0 Å². The molecule has 0 saturated heterocycles. The molecule has 8 heteroatoms. The van der Waals surface area contributed by atoms with Crippen LogP contribution in [0.1, 0.15) is 25.0 Å². The smallest absolute Gasteiger partial charge is 0.416 e. The van der Waals surface area contributed by atoms with Crippen molar-refractivity contribution in [2.75, 3.05) is 20.7 Å². The van der Waals surface area contributed by atoms with Crippen LogP contribution in [0.2, 0.25) is 0 Å². The molecule has 1 aliphatic rings. The average Bonchev–Trinajstić information content (AvgIpc) is 2.61. The van der Waals surface area contributed by atoms with Gasteiger partial charge in [-0.2, -0.15) is 18.2 Å².